The number of rotatable bonds is 4. The Morgan fingerprint density at radius 2 is 2.19 bits per heavy atom. The van der Waals surface area contributed by atoms with Gasteiger partial charge in [0.15, 0.2) is 0 Å². The average Bonchev–Trinajstić information content (AvgIpc) is 2.25. The predicted molar refractivity (Wildman–Crippen MR) is 70.6 cm³/mol. The number of nitrogens with one attached hydrogen (secondary N) is 1. The van der Waals surface area contributed by atoms with Crippen LogP contribution in [0.5, 0.6) is 0 Å². The fraction of sp³-hybridized carbons (Fsp3) is 0.364. The van der Waals surface area contributed by atoms with Crippen LogP contribution in [0.2, 0.25) is 0 Å². The first-order valence-corrected chi connectivity index (χ1v) is 6.39. The lowest BCUT2D eigenvalue weighted by Crippen LogP contribution is -2.31. The lowest BCUT2D eigenvalue weighted by atomic mass is 10.2. The summed E-state index contributed by atoms with van der Waals surface area (Å²) in [6.45, 7) is 2.40. The zero-order chi connectivity index (χ0) is 12.1. The highest BCUT2D eigenvalue weighted by atomic mass is 79.9. The molecule has 0 aliphatic carbocycles. The zero-order valence-electron chi connectivity index (χ0n) is 9.09. The molecule has 0 fully saturated rings. The minimum atomic E-state index is -0.108. The first-order valence-electron chi connectivity index (χ1n) is 4.80. The van der Waals surface area contributed by atoms with E-state index in [0.717, 1.165) is 8.95 Å². The van der Waals surface area contributed by atoms with Crippen LogP contribution in [0.25, 0.3) is 0 Å². The van der Waals surface area contributed by atoms with Gasteiger partial charge in [-0.2, -0.15) is 0 Å². The molecule has 16 heavy (non-hydrogen) atoms. The fourth-order valence-corrected chi connectivity index (χ4v) is 2.32. The fourth-order valence-electron chi connectivity index (χ4n) is 1.09. The Morgan fingerprint density at radius 3 is 2.75 bits per heavy atom. The van der Waals surface area contributed by atoms with Gasteiger partial charge in [-0.1, -0.05) is 15.9 Å². The summed E-state index contributed by atoms with van der Waals surface area (Å²) in [4.78, 5) is 11.8. The number of carbonyl (C=O) groups excluding carboxylic acids is 1. The van der Waals surface area contributed by atoms with E-state index in [0.29, 0.717) is 12.1 Å². The Bertz CT molecular complexity index is 382. The largest absolute Gasteiger partial charge is 0.380 e. The second kappa shape index (κ2) is 6.37. The van der Waals surface area contributed by atoms with Crippen molar-refractivity contribution in [1.29, 1.82) is 0 Å². The van der Waals surface area contributed by atoms with Crippen LogP contribution >= 0.6 is 31.9 Å². The van der Waals surface area contributed by atoms with Crippen LogP contribution in [-0.4, -0.2) is 25.7 Å². The van der Waals surface area contributed by atoms with E-state index in [1.807, 2.05) is 19.1 Å². The van der Waals surface area contributed by atoms with Gasteiger partial charge in [-0.15, -0.1) is 0 Å². The summed E-state index contributed by atoms with van der Waals surface area (Å²) in [6.07, 6.45) is 0.0122. The molecule has 1 unspecified atom stereocenters. The molecule has 1 aromatic carbocycles. The van der Waals surface area contributed by atoms with Crippen LogP contribution < -0.4 is 5.32 Å². The molecule has 0 saturated heterocycles. The number of ether oxygens (including phenoxy) is 1. The van der Waals surface area contributed by atoms with Gasteiger partial charge in [0.1, 0.15) is 0 Å². The highest BCUT2D eigenvalue weighted by molar-refractivity contribution is 9.11. The first-order chi connectivity index (χ1) is 7.54. The number of hydrogen-bond acceptors (Lipinski definition) is 2. The van der Waals surface area contributed by atoms with E-state index in [1.165, 1.54) is 0 Å². The normalized spacial score (nSPS) is 12.2. The van der Waals surface area contributed by atoms with Gasteiger partial charge in [0.2, 0.25) is 0 Å². The Labute approximate surface area is 112 Å². The van der Waals surface area contributed by atoms with Gasteiger partial charge in [-0.25, -0.2) is 0 Å². The topological polar surface area (TPSA) is 38.3 Å². The van der Waals surface area contributed by atoms with Gasteiger partial charge in [-0.05, 0) is 41.1 Å². The number of halogens is 2. The SMILES string of the molecule is COC(C)CNC(=O)c1ccc(Br)cc1Br. The van der Waals surface area contributed by atoms with Gasteiger partial charge in [0.05, 0.1) is 11.7 Å². The van der Waals surface area contributed by atoms with Crippen molar-refractivity contribution in [3.05, 3.63) is 32.7 Å². The molecule has 0 bridgehead atoms. The van der Waals surface area contributed by atoms with E-state index in [2.05, 4.69) is 37.2 Å². The van der Waals surface area contributed by atoms with Crippen molar-refractivity contribution in [2.75, 3.05) is 13.7 Å². The van der Waals surface area contributed by atoms with E-state index >= 15 is 0 Å². The summed E-state index contributed by atoms with van der Waals surface area (Å²) in [5.41, 5.74) is 0.617. The van der Waals surface area contributed by atoms with Crippen molar-refractivity contribution >= 4 is 37.8 Å². The third-order valence-electron chi connectivity index (χ3n) is 2.13. The lowest BCUT2D eigenvalue weighted by molar-refractivity contribution is 0.0870. The van der Waals surface area contributed by atoms with Crippen molar-refractivity contribution in [1.82, 2.24) is 5.32 Å². The molecule has 88 valence electrons. The summed E-state index contributed by atoms with van der Waals surface area (Å²) in [5.74, 6) is -0.108. The van der Waals surface area contributed by atoms with E-state index in [9.17, 15) is 4.79 Å². The maximum Gasteiger partial charge on any atom is 0.252 e. The monoisotopic (exact) mass is 349 g/mol. The van der Waals surface area contributed by atoms with Gasteiger partial charge >= 0.3 is 0 Å². The second-order valence-corrected chi connectivity index (χ2v) is 5.15. The third-order valence-corrected chi connectivity index (χ3v) is 3.28. The molecule has 0 saturated carbocycles. The molecular weight excluding hydrogens is 338 g/mol. The van der Waals surface area contributed by atoms with Crippen LogP contribution in [-0.2, 0) is 4.74 Å². The van der Waals surface area contributed by atoms with E-state index in [4.69, 9.17) is 4.74 Å². The molecule has 0 aliphatic rings. The molecule has 1 aromatic rings. The molecule has 3 nitrogen and oxygen atoms in total. The molecule has 1 atom stereocenters. The summed E-state index contributed by atoms with van der Waals surface area (Å²) in [5, 5.41) is 2.80. The molecule has 5 heteroatoms. The van der Waals surface area contributed by atoms with Crippen LogP contribution in [0.3, 0.4) is 0 Å². The molecule has 1 N–H and O–H groups in total. The second-order valence-electron chi connectivity index (χ2n) is 3.38. The maximum atomic E-state index is 11.8. The number of carbonyl (C=O) groups is 1. The van der Waals surface area contributed by atoms with Crippen LogP contribution in [0.4, 0.5) is 0 Å². The van der Waals surface area contributed by atoms with E-state index in [1.54, 1.807) is 13.2 Å². The molecule has 0 spiro atoms. The summed E-state index contributed by atoms with van der Waals surface area (Å²) >= 11 is 6.69. The summed E-state index contributed by atoms with van der Waals surface area (Å²) < 4.78 is 6.75. The molecule has 0 heterocycles. The number of methoxy groups -OCH3 is 1. The van der Waals surface area contributed by atoms with E-state index < -0.39 is 0 Å². The van der Waals surface area contributed by atoms with Crippen molar-refractivity contribution in [3.8, 4) is 0 Å². The van der Waals surface area contributed by atoms with Crippen molar-refractivity contribution < 1.29 is 9.53 Å². The van der Waals surface area contributed by atoms with E-state index in [-0.39, 0.29) is 12.0 Å². The highest BCUT2D eigenvalue weighted by Gasteiger charge is 2.10. The summed E-state index contributed by atoms with van der Waals surface area (Å²) in [6, 6.07) is 5.44. The standard InChI is InChI=1S/C11H13Br2NO2/c1-7(16-2)6-14-11(15)9-4-3-8(12)5-10(9)13/h3-5,7H,6H2,1-2H3,(H,14,15). The summed E-state index contributed by atoms with van der Waals surface area (Å²) in [7, 11) is 1.62. The highest BCUT2D eigenvalue weighted by Crippen LogP contribution is 2.21. The Hall–Kier alpha value is -0.390. The van der Waals surface area contributed by atoms with Gasteiger partial charge in [0, 0.05) is 22.6 Å². The quantitative estimate of drug-likeness (QED) is 0.906. The Morgan fingerprint density at radius 1 is 1.50 bits per heavy atom. The van der Waals surface area contributed by atoms with Crippen molar-refractivity contribution in [3.63, 3.8) is 0 Å². The van der Waals surface area contributed by atoms with Crippen LogP contribution in [0, 0.1) is 0 Å². The Balaban J connectivity index is 2.66. The minimum absolute atomic E-state index is 0.0122. The maximum absolute atomic E-state index is 11.8. The zero-order valence-corrected chi connectivity index (χ0v) is 12.3. The van der Waals surface area contributed by atoms with Gasteiger partial charge in [0.25, 0.3) is 5.91 Å². The molecule has 0 aromatic heterocycles. The lowest BCUT2D eigenvalue weighted by Gasteiger charge is -2.11. The molecule has 0 aliphatic heterocycles. The van der Waals surface area contributed by atoms with Crippen molar-refractivity contribution in [2.45, 2.75) is 13.0 Å². The van der Waals surface area contributed by atoms with Crippen LogP contribution in [0.1, 0.15) is 17.3 Å². The van der Waals surface area contributed by atoms with Crippen molar-refractivity contribution in [2.24, 2.45) is 0 Å². The number of hydrogen-bond donors (Lipinski definition) is 1. The smallest absolute Gasteiger partial charge is 0.252 e. The van der Waals surface area contributed by atoms with Gasteiger partial charge in [-0.3, -0.25) is 4.79 Å². The van der Waals surface area contributed by atoms with Gasteiger partial charge < -0.3 is 10.1 Å². The third kappa shape index (κ3) is 3.88. The number of amides is 1. The molecular formula is C11H13Br2NO2. The molecule has 1 rings (SSSR count). The molecule has 1 amide bonds. The molecule has 0 radical (unpaired) electrons. The minimum Gasteiger partial charge on any atom is -0.380 e. The number of benzene rings is 1. The Kier molecular flexibility index (Phi) is 5.44. The first kappa shape index (κ1) is 13.7. The van der Waals surface area contributed by atoms with Crippen LogP contribution in [0.15, 0.2) is 27.1 Å². The predicted octanol–water partition coefficient (Wildman–Crippen LogP) is 2.98. The average molecular weight is 351 g/mol.